The van der Waals surface area contributed by atoms with Gasteiger partial charge in [0.25, 0.3) is 0 Å². The van der Waals surface area contributed by atoms with E-state index in [0.29, 0.717) is 0 Å². The van der Waals surface area contributed by atoms with Crippen molar-refractivity contribution in [3.05, 3.63) is 12.3 Å². The summed E-state index contributed by atoms with van der Waals surface area (Å²) in [5, 5.41) is 0. The van der Waals surface area contributed by atoms with Gasteiger partial charge in [-0.3, -0.25) is 0 Å². The van der Waals surface area contributed by atoms with Crippen molar-refractivity contribution >= 4 is 10.0 Å². The van der Waals surface area contributed by atoms with Gasteiger partial charge in [0.2, 0.25) is 0 Å². The summed E-state index contributed by atoms with van der Waals surface area (Å²) in [7, 11) is -5.23. The Hall–Kier alpha value is -0.760. The lowest BCUT2D eigenvalue weighted by atomic mass is 10.6. The Kier molecular flexibility index (Phi) is 3.53. The Bertz CT molecular complexity index is 256. The summed E-state index contributed by atoms with van der Waals surface area (Å²) in [5.41, 5.74) is -0.498. The molecule has 0 rings (SSSR count). The molecule has 0 amide bonds. The lowest BCUT2D eigenvalue weighted by Crippen LogP contribution is -2.36. The van der Waals surface area contributed by atoms with Crippen LogP contribution in [0.2, 0.25) is 0 Å². The number of hydrogen-bond acceptors (Lipinski definition) is 3. The van der Waals surface area contributed by atoms with Gasteiger partial charge in [0.05, 0.1) is 0 Å². The normalized spacial score (nSPS) is 13.9. The monoisotopic (exact) mass is 204 g/mol. The largest absolute Gasteiger partial charge is 0.511 e. The molecule has 0 aromatic heterocycles. The van der Waals surface area contributed by atoms with Gasteiger partial charge < -0.3 is 5.73 Å². The molecule has 0 aromatic carbocycles. The fourth-order valence-corrected chi connectivity index (χ4v) is 0.787. The van der Waals surface area contributed by atoms with E-state index in [-0.39, 0.29) is 0 Å². The Morgan fingerprint density at radius 1 is 1.42 bits per heavy atom. The van der Waals surface area contributed by atoms with Crippen molar-refractivity contribution in [1.82, 2.24) is 4.72 Å². The first kappa shape index (κ1) is 11.2. The molecule has 0 fully saturated rings. The molecule has 72 valence electrons. The van der Waals surface area contributed by atoms with E-state index >= 15 is 0 Å². The second kappa shape index (κ2) is 3.76. The molecule has 12 heavy (non-hydrogen) atoms. The van der Waals surface area contributed by atoms with Crippen LogP contribution in [-0.2, 0) is 10.0 Å². The number of halogens is 3. The van der Waals surface area contributed by atoms with Crippen molar-refractivity contribution in [3.8, 4) is 0 Å². The Balaban J connectivity index is 4.26. The molecule has 0 saturated heterocycles. The average Bonchev–Trinajstić information content (AvgIpc) is 1.85. The van der Waals surface area contributed by atoms with Crippen molar-refractivity contribution in [2.24, 2.45) is 5.73 Å². The highest BCUT2D eigenvalue weighted by atomic mass is 32.2. The number of hydrogen-bond donors (Lipinski definition) is 2. The van der Waals surface area contributed by atoms with Gasteiger partial charge >= 0.3 is 15.5 Å². The minimum Gasteiger partial charge on any atom is -0.405 e. The van der Waals surface area contributed by atoms with Gasteiger partial charge in [0.15, 0.2) is 0 Å². The van der Waals surface area contributed by atoms with Gasteiger partial charge in [0.1, 0.15) is 0 Å². The third kappa shape index (κ3) is 3.09. The minimum atomic E-state index is -5.27. The SMILES string of the molecule is N/C=C/CNS(=O)(=O)C(F)(F)F. The lowest BCUT2D eigenvalue weighted by molar-refractivity contribution is -0.0446. The van der Waals surface area contributed by atoms with Crippen LogP contribution >= 0.6 is 0 Å². The highest BCUT2D eigenvalue weighted by Crippen LogP contribution is 2.21. The summed E-state index contributed by atoms with van der Waals surface area (Å²) in [4.78, 5) is 0. The molecule has 0 unspecified atom stereocenters. The van der Waals surface area contributed by atoms with Gasteiger partial charge in [-0.2, -0.15) is 13.2 Å². The van der Waals surface area contributed by atoms with Crippen LogP contribution in [0, 0.1) is 0 Å². The summed E-state index contributed by atoms with van der Waals surface area (Å²) in [5.74, 6) is 0. The fraction of sp³-hybridized carbons (Fsp3) is 0.500. The second-order valence-electron chi connectivity index (χ2n) is 1.73. The van der Waals surface area contributed by atoms with E-state index in [9.17, 15) is 21.6 Å². The van der Waals surface area contributed by atoms with Crippen LogP contribution in [0.5, 0.6) is 0 Å². The summed E-state index contributed by atoms with van der Waals surface area (Å²) >= 11 is 0. The maximum atomic E-state index is 11.6. The van der Waals surface area contributed by atoms with Gasteiger partial charge in [0, 0.05) is 6.54 Å². The molecule has 0 aromatic rings. The standard InChI is InChI=1S/C4H7F3N2O2S/c5-4(6,7)12(10,11)9-3-1-2-8/h1-2,9H,3,8H2/b2-1+. The van der Waals surface area contributed by atoms with Crippen LogP contribution in [-0.4, -0.2) is 20.5 Å². The summed E-state index contributed by atoms with van der Waals surface area (Å²) in [6.07, 6.45) is 1.99. The summed E-state index contributed by atoms with van der Waals surface area (Å²) in [6.45, 7) is -0.474. The Morgan fingerprint density at radius 2 is 1.92 bits per heavy atom. The first-order valence-electron chi connectivity index (χ1n) is 2.74. The molecule has 0 spiro atoms. The van der Waals surface area contributed by atoms with Gasteiger partial charge in [-0.15, -0.1) is 0 Å². The molecule has 3 N–H and O–H groups in total. The van der Waals surface area contributed by atoms with Gasteiger partial charge in [-0.05, 0) is 6.20 Å². The van der Waals surface area contributed by atoms with Crippen molar-refractivity contribution in [2.75, 3.05) is 6.54 Å². The molecule has 0 radical (unpaired) electrons. The zero-order chi connectivity index (χ0) is 9.83. The number of nitrogens with one attached hydrogen (secondary N) is 1. The zero-order valence-corrected chi connectivity index (χ0v) is 6.61. The molecule has 0 aliphatic rings. The maximum Gasteiger partial charge on any atom is 0.511 e. The summed E-state index contributed by atoms with van der Waals surface area (Å²) in [6, 6.07) is 0. The highest BCUT2D eigenvalue weighted by Gasteiger charge is 2.45. The molecule has 0 heterocycles. The molecular weight excluding hydrogens is 197 g/mol. The van der Waals surface area contributed by atoms with Gasteiger partial charge in [-0.25, -0.2) is 13.1 Å². The van der Waals surface area contributed by atoms with Gasteiger partial charge in [-0.1, -0.05) is 6.08 Å². The first-order valence-corrected chi connectivity index (χ1v) is 4.22. The average molecular weight is 204 g/mol. The van der Waals surface area contributed by atoms with E-state index in [1.54, 1.807) is 0 Å². The third-order valence-corrected chi connectivity index (χ3v) is 1.99. The third-order valence-electron chi connectivity index (χ3n) is 0.832. The fourth-order valence-electron chi connectivity index (χ4n) is 0.308. The highest BCUT2D eigenvalue weighted by molar-refractivity contribution is 7.90. The molecule has 4 nitrogen and oxygen atoms in total. The Labute approximate surface area is 67.3 Å². The molecule has 0 aliphatic carbocycles. The van der Waals surface area contributed by atoms with Crippen LogP contribution in [0.3, 0.4) is 0 Å². The van der Waals surface area contributed by atoms with E-state index < -0.39 is 22.1 Å². The molecular formula is C4H7F3N2O2S. The number of alkyl halides is 3. The molecule has 8 heteroatoms. The number of rotatable bonds is 3. The Morgan fingerprint density at radius 3 is 2.25 bits per heavy atom. The van der Waals surface area contributed by atoms with Crippen LogP contribution in [0.25, 0.3) is 0 Å². The molecule has 0 saturated carbocycles. The number of sulfonamides is 1. The van der Waals surface area contributed by atoms with Crippen LogP contribution in [0.4, 0.5) is 13.2 Å². The second-order valence-corrected chi connectivity index (χ2v) is 3.48. The van der Waals surface area contributed by atoms with E-state index in [4.69, 9.17) is 5.73 Å². The van der Waals surface area contributed by atoms with E-state index in [1.165, 1.54) is 4.72 Å². The molecule has 0 atom stereocenters. The van der Waals surface area contributed by atoms with E-state index in [1.807, 2.05) is 0 Å². The van der Waals surface area contributed by atoms with Crippen molar-refractivity contribution in [2.45, 2.75) is 5.51 Å². The predicted octanol–water partition coefficient (Wildman–Crippen LogP) is -0.102. The first-order chi connectivity index (χ1) is 5.31. The zero-order valence-electron chi connectivity index (χ0n) is 5.80. The van der Waals surface area contributed by atoms with E-state index in [0.717, 1.165) is 12.3 Å². The van der Waals surface area contributed by atoms with E-state index in [2.05, 4.69) is 0 Å². The molecule has 0 bridgehead atoms. The number of nitrogens with two attached hydrogens (primary N) is 1. The quantitative estimate of drug-likeness (QED) is 0.674. The maximum absolute atomic E-state index is 11.6. The van der Waals surface area contributed by atoms with Crippen LogP contribution in [0.1, 0.15) is 0 Å². The van der Waals surface area contributed by atoms with Crippen molar-refractivity contribution in [1.29, 1.82) is 0 Å². The van der Waals surface area contributed by atoms with Crippen molar-refractivity contribution < 1.29 is 21.6 Å². The predicted molar refractivity (Wildman–Crippen MR) is 36.3 cm³/mol. The molecule has 0 aliphatic heterocycles. The van der Waals surface area contributed by atoms with Crippen LogP contribution in [0.15, 0.2) is 12.3 Å². The minimum absolute atomic E-state index is 0.474. The summed E-state index contributed by atoms with van der Waals surface area (Å²) < 4.78 is 56.4. The smallest absolute Gasteiger partial charge is 0.405 e. The van der Waals surface area contributed by atoms with Crippen LogP contribution < -0.4 is 10.5 Å². The van der Waals surface area contributed by atoms with Crippen molar-refractivity contribution in [3.63, 3.8) is 0 Å². The topological polar surface area (TPSA) is 72.2 Å². The lowest BCUT2D eigenvalue weighted by Gasteiger charge is -2.06.